The average molecular weight is 531 g/mol. The van der Waals surface area contributed by atoms with E-state index in [1.165, 1.54) is 10.8 Å². The zero-order chi connectivity index (χ0) is 28.2. The quantitative estimate of drug-likeness (QED) is 0.292. The summed E-state index contributed by atoms with van der Waals surface area (Å²) in [6.07, 6.45) is 4.74. The van der Waals surface area contributed by atoms with Gasteiger partial charge in [0.1, 0.15) is 17.8 Å². The van der Waals surface area contributed by atoms with Crippen molar-refractivity contribution in [2.75, 3.05) is 12.4 Å². The van der Waals surface area contributed by atoms with Gasteiger partial charge in [-0.2, -0.15) is 0 Å². The minimum atomic E-state index is -0.969. The maximum atomic E-state index is 13.4. The van der Waals surface area contributed by atoms with E-state index in [0.29, 0.717) is 11.5 Å². The Balaban J connectivity index is 1.57. The molecular weight excluding hydrogens is 500 g/mol. The highest BCUT2D eigenvalue weighted by molar-refractivity contribution is 5.98. The number of nitrogens with zero attached hydrogens (tertiary/aromatic N) is 6. The fourth-order valence-electron chi connectivity index (χ4n) is 3.98. The van der Waals surface area contributed by atoms with E-state index in [1.807, 2.05) is 44.2 Å². The number of hydrogen-bond donors (Lipinski definition) is 2. The van der Waals surface area contributed by atoms with Crippen LogP contribution in [0.15, 0.2) is 64.2 Å². The van der Waals surface area contributed by atoms with Gasteiger partial charge in [0.05, 0.1) is 17.9 Å². The third-order valence-electron chi connectivity index (χ3n) is 6.22. The van der Waals surface area contributed by atoms with Crippen LogP contribution in [0.1, 0.15) is 50.1 Å². The lowest BCUT2D eigenvalue weighted by Gasteiger charge is -2.21. The minimum absolute atomic E-state index is 0.0994. The predicted octanol–water partition coefficient (Wildman–Crippen LogP) is 2.47. The Morgan fingerprint density at radius 1 is 1.03 bits per heavy atom. The highest BCUT2D eigenvalue weighted by Gasteiger charge is 2.35. The van der Waals surface area contributed by atoms with Crippen molar-refractivity contribution in [3.05, 3.63) is 82.9 Å². The van der Waals surface area contributed by atoms with Crippen LogP contribution in [0.3, 0.4) is 0 Å². The molecular formula is C27H30N8O4. The van der Waals surface area contributed by atoms with Gasteiger partial charge in [-0.1, -0.05) is 44.2 Å². The predicted molar refractivity (Wildman–Crippen MR) is 143 cm³/mol. The Kier molecular flexibility index (Phi) is 7.93. The molecule has 202 valence electrons. The van der Waals surface area contributed by atoms with Crippen LogP contribution in [0.5, 0.6) is 0 Å². The summed E-state index contributed by atoms with van der Waals surface area (Å²) in [6.45, 7) is 6.86. The summed E-state index contributed by atoms with van der Waals surface area (Å²) in [7, 11) is 1.58. The van der Waals surface area contributed by atoms with Gasteiger partial charge in [0.15, 0.2) is 5.82 Å². The molecule has 3 aromatic heterocycles. The summed E-state index contributed by atoms with van der Waals surface area (Å²) in [5.74, 6) is -0.895. The number of carbonyl (C=O) groups excluding carboxylic acids is 2. The maximum absolute atomic E-state index is 13.4. The van der Waals surface area contributed by atoms with Crippen molar-refractivity contribution in [1.29, 1.82) is 0 Å². The number of rotatable bonds is 10. The molecule has 1 amide bonds. The summed E-state index contributed by atoms with van der Waals surface area (Å²) in [4.78, 5) is 52.3. The van der Waals surface area contributed by atoms with Crippen LogP contribution in [-0.2, 0) is 16.8 Å². The van der Waals surface area contributed by atoms with E-state index in [9.17, 15) is 14.4 Å². The van der Waals surface area contributed by atoms with Crippen molar-refractivity contribution in [3.8, 4) is 11.3 Å². The number of anilines is 1. The molecule has 12 heteroatoms. The van der Waals surface area contributed by atoms with E-state index in [0.717, 1.165) is 5.56 Å². The van der Waals surface area contributed by atoms with Crippen LogP contribution >= 0.6 is 0 Å². The Hall–Kier alpha value is -4.74. The fourth-order valence-corrected chi connectivity index (χ4v) is 3.98. The SMILES string of the molecule is CNc1ncc(-c2ccccc2)n(CC(=O)N[C@@H](C(=O)c2nnc(C(C)(C)c3ncccn3)o2)C(C)C)c1=O. The molecule has 0 saturated heterocycles. The first kappa shape index (κ1) is 27.3. The molecule has 2 N–H and O–H groups in total. The molecule has 3 heterocycles. The van der Waals surface area contributed by atoms with Gasteiger partial charge in [-0.25, -0.2) is 15.0 Å². The fraction of sp³-hybridized carbons (Fsp3) is 0.333. The van der Waals surface area contributed by atoms with Crippen molar-refractivity contribution < 1.29 is 14.0 Å². The molecule has 0 unspecified atom stereocenters. The lowest BCUT2D eigenvalue weighted by atomic mass is 9.92. The molecule has 12 nitrogen and oxygen atoms in total. The van der Waals surface area contributed by atoms with Crippen molar-refractivity contribution in [1.82, 2.24) is 35.0 Å². The molecule has 0 radical (unpaired) electrons. The molecule has 0 fully saturated rings. The normalized spacial score (nSPS) is 12.3. The number of Topliss-reactive ketones (excluding diaryl/α,β-unsaturated/α-hetero) is 1. The van der Waals surface area contributed by atoms with Crippen molar-refractivity contribution >= 4 is 17.5 Å². The van der Waals surface area contributed by atoms with E-state index >= 15 is 0 Å². The first-order chi connectivity index (χ1) is 18.6. The Morgan fingerprint density at radius 3 is 2.36 bits per heavy atom. The first-order valence-electron chi connectivity index (χ1n) is 12.4. The highest BCUT2D eigenvalue weighted by Crippen LogP contribution is 2.27. The summed E-state index contributed by atoms with van der Waals surface area (Å²) in [5, 5.41) is 13.5. The second-order valence-corrected chi connectivity index (χ2v) is 9.76. The van der Waals surface area contributed by atoms with Gasteiger partial charge in [0.2, 0.25) is 17.6 Å². The van der Waals surface area contributed by atoms with E-state index in [2.05, 4.69) is 35.8 Å². The largest absolute Gasteiger partial charge is 0.417 e. The Labute approximate surface area is 224 Å². The molecule has 4 aromatic rings. The van der Waals surface area contributed by atoms with Gasteiger partial charge in [-0.15, -0.1) is 10.2 Å². The zero-order valence-electron chi connectivity index (χ0n) is 22.4. The monoisotopic (exact) mass is 530 g/mol. The Bertz CT molecular complexity index is 1510. The number of carbonyl (C=O) groups is 2. The highest BCUT2D eigenvalue weighted by atomic mass is 16.4. The molecule has 39 heavy (non-hydrogen) atoms. The first-order valence-corrected chi connectivity index (χ1v) is 12.4. The van der Waals surface area contributed by atoms with Gasteiger partial charge in [-0.3, -0.25) is 19.0 Å². The molecule has 0 bridgehead atoms. The van der Waals surface area contributed by atoms with Crippen LogP contribution < -0.4 is 16.2 Å². The summed E-state index contributed by atoms with van der Waals surface area (Å²) in [5.41, 5.74) is -0.120. The van der Waals surface area contributed by atoms with E-state index in [4.69, 9.17) is 4.42 Å². The van der Waals surface area contributed by atoms with E-state index < -0.39 is 28.7 Å². The second kappa shape index (κ2) is 11.3. The molecule has 1 atom stereocenters. The lowest BCUT2D eigenvalue weighted by Crippen LogP contribution is -2.46. The topological polar surface area (TPSA) is 158 Å². The van der Waals surface area contributed by atoms with Crippen LogP contribution in [0.4, 0.5) is 5.82 Å². The molecule has 4 rings (SSSR count). The molecule has 1 aromatic carbocycles. The summed E-state index contributed by atoms with van der Waals surface area (Å²) < 4.78 is 7.07. The summed E-state index contributed by atoms with van der Waals surface area (Å²) >= 11 is 0. The minimum Gasteiger partial charge on any atom is -0.417 e. The smallest absolute Gasteiger partial charge is 0.294 e. The van der Waals surface area contributed by atoms with Crippen LogP contribution in [-0.4, -0.2) is 54.5 Å². The number of amides is 1. The van der Waals surface area contributed by atoms with Crippen molar-refractivity contribution in [3.63, 3.8) is 0 Å². The van der Waals surface area contributed by atoms with Gasteiger partial charge in [0.25, 0.3) is 11.4 Å². The van der Waals surface area contributed by atoms with Gasteiger partial charge >= 0.3 is 0 Å². The number of benzene rings is 1. The second-order valence-electron chi connectivity index (χ2n) is 9.76. The van der Waals surface area contributed by atoms with Gasteiger partial charge < -0.3 is 15.1 Å². The Morgan fingerprint density at radius 2 is 1.72 bits per heavy atom. The maximum Gasteiger partial charge on any atom is 0.294 e. The van der Waals surface area contributed by atoms with Gasteiger partial charge in [-0.05, 0) is 31.4 Å². The standard InChI is InChI=1S/C27H30N8O4/c1-16(2)20(21(37)23-33-34-26(39-23)27(3,4)25-29-12-9-13-30-25)32-19(36)15-35-18(17-10-7-6-8-11-17)14-31-22(28-5)24(35)38/h6-14,16,20H,15H2,1-5H3,(H,28,31)(H,32,36)/t20-/m1/s1. The van der Waals surface area contributed by atoms with Crippen molar-refractivity contribution in [2.45, 2.75) is 45.7 Å². The third kappa shape index (κ3) is 5.74. The molecule has 0 saturated carbocycles. The zero-order valence-corrected chi connectivity index (χ0v) is 22.4. The van der Waals surface area contributed by atoms with Crippen LogP contribution in [0, 0.1) is 5.92 Å². The molecule has 0 aliphatic heterocycles. The lowest BCUT2D eigenvalue weighted by molar-refractivity contribution is -0.122. The molecule has 0 aliphatic carbocycles. The molecule has 0 aliphatic rings. The van der Waals surface area contributed by atoms with E-state index in [1.54, 1.807) is 39.4 Å². The molecule has 0 spiro atoms. The summed E-state index contributed by atoms with van der Waals surface area (Å²) in [6, 6.07) is 9.87. The van der Waals surface area contributed by atoms with Crippen LogP contribution in [0.25, 0.3) is 11.3 Å². The number of nitrogens with one attached hydrogen (secondary N) is 2. The third-order valence-corrected chi connectivity index (χ3v) is 6.22. The van der Waals surface area contributed by atoms with Gasteiger partial charge in [0, 0.05) is 19.4 Å². The van der Waals surface area contributed by atoms with E-state index in [-0.39, 0.29) is 30.1 Å². The van der Waals surface area contributed by atoms with Crippen LogP contribution in [0.2, 0.25) is 0 Å². The average Bonchev–Trinajstić information content (AvgIpc) is 3.45. The number of ketones is 1. The number of hydrogen-bond acceptors (Lipinski definition) is 10. The number of aromatic nitrogens is 6. The van der Waals surface area contributed by atoms with Crippen molar-refractivity contribution in [2.24, 2.45) is 5.92 Å².